The van der Waals surface area contributed by atoms with E-state index in [0.717, 1.165) is 52.9 Å². The van der Waals surface area contributed by atoms with Crippen molar-refractivity contribution in [2.24, 2.45) is 23.2 Å². The molecule has 2 amide bonds. The SMILES string of the molecule is CCn1c(-c2cccnc2[C@H](C)OC)c2c3cc(ccc31)C1=CCCN(C1)[C@@H](C)[C@H](NC(=O)C1[C@@H](C)[C@H]1C)C(=O)N1CCC[C@H](N1)C(=O)OCC(C)(C)C2. The molecule has 3 aromatic rings. The molecule has 1 saturated carbocycles. The predicted molar refractivity (Wildman–Crippen MR) is 210 cm³/mol. The Morgan fingerprint density at radius 1 is 1.15 bits per heavy atom. The van der Waals surface area contributed by atoms with E-state index in [9.17, 15) is 14.4 Å². The summed E-state index contributed by atoms with van der Waals surface area (Å²) < 4.78 is 14.3. The Bertz CT molecular complexity index is 1940. The quantitative estimate of drug-likeness (QED) is 0.300. The topological polar surface area (TPSA) is 118 Å². The Balaban J connectivity index is 1.34. The molecule has 7 rings (SSSR count). The molecular formula is C43H58N6O5. The monoisotopic (exact) mass is 738 g/mol. The minimum absolute atomic E-state index is 0.0730. The molecule has 54 heavy (non-hydrogen) atoms. The van der Waals surface area contributed by atoms with Gasteiger partial charge in [0.05, 0.1) is 24.1 Å². The van der Waals surface area contributed by atoms with Gasteiger partial charge < -0.3 is 19.4 Å². The Morgan fingerprint density at radius 2 is 1.93 bits per heavy atom. The van der Waals surface area contributed by atoms with Crippen molar-refractivity contribution >= 4 is 34.3 Å². The standard InChI is InChI=1S/C43H58N6O5/c1-9-48-35-17-16-29-21-32(35)33(39(48)31-14-10-18-44-38(31)28(5)53-8)22-43(6,7)24-54-42(52)34-15-12-20-49(46-34)41(51)37(45-40(50)36-25(2)26(36)3)27(4)47-19-11-13-30(29)23-47/h10,13-14,16-18,21,25-28,34,36-37,46H,9,11-12,15,19-20,22-24H2,1-8H3,(H,45,50)/t25-,26+,27-,28-,34-,36?,37-/m0/s1. The normalized spacial score (nSPS) is 29.2. The second-order valence-electron chi connectivity index (χ2n) is 16.8. The molecule has 6 bridgehead atoms. The number of ether oxygens (including phenoxy) is 2. The van der Waals surface area contributed by atoms with Crippen LogP contribution in [0, 0.1) is 23.2 Å². The zero-order chi connectivity index (χ0) is 38.5. The van der Waals surface area contributed by atoms with Gasteiger partial charge in [0.1, 0.15) is 12.1 Å². The number of esters is 1. The van der Waals surface area contributed by atoms with Crippen LogP contribution in [0.1, 0.15) is 90.7 Å². The van der Waals surface area contributed by atoms with Crippen LogP contribution in [0.4, 0.5) is 0 Å². The molecule has 1 aliphatic carbocycles. The lowest BCUT2D eigenvalue weighted by Crippen LogP contribution is -2.64. The molecule has 2 unspecified atom stereocenters. The van der Waals surface area contributed by atoms with Crippen LogP contribution >= 0.6 is 0 Å². The van der Waals surface area contributed by atoms with Gasteiger partial charge in [-0.25, -0.2) is 5.43 Å². The van der Waals surface area contributed by atoms with Crippen LogP contribution in [-0.4, -0.2) is 88.7 Å². The number of pyridine rings is 1. The maximum atomic E-state index is 14.4. The van der Waals surface area contributed by atoms with E-state index in [-0.39, 0.29) is 54.3 Å². The summed E-state index contributed by atoms with van der Waals surface area (Å²) in [6.07, 6.45) is 6.63. The fraction of sp³-hybridized carbons (Fsp3) is 0.581. The summed E-state index contributed by atoms with van der Waals surface area (Å²) in [6.45, 7) is 17.5. The van der Waals surface area contributed by atoms with E-state index in [4.69, 9.17) is 14.5 Å². The van der Waals surface area contributed by atoms with Crippen molar-refractivity contribution in [1.82, 2.24) is 30.2 Å². The number of nitrogens with zero attached hydrogens (tertiary/aromatic N) is 4. The highest BCUT2D eigenvalue weighted by molar-refractivity contribution is 5.95. The molecule has 4 aliphatic rings. The number of hydrogen-bond donors (Lipinski definition) is 2. The number of hydrazine groups is 1. The fourth-order valence-electron chi connectivity index (χ4n) is 8.99. The molecule has 2 fully saturated rings. The summed E-state index contributed by atoms with van der Waals surface area (Å²) in [6, 6.07) is 9.16. The maximum Gasteiger partial charge on any atom is 0.324 e. The average molecular weight is 739 g/mol. The largest absolute Gasteiger partial charge is 0.464 e. The molecule has 2 aromatic heterocycles. The molecule has 8 atom stereocenters. The van der Waals surface area contributed by atoms with Gasteiger partial charge in [0.15, 0.2) is 0 Å². The minimum atomic E-state index is -0.782. The number of fused-ring (bicyclic) bond motifs is 6. The molecule has 11 heteroatoms. The summed E-state index contributed by atoms with van der Waals surface area (Å²) in [5.41, 5.74) is 10.5. The second kappa shape index (κ2) is 15.2. The van der Waals surface area contributed by atoms with E-state index in [0.29, 0.717) is 32.4 Å². The van der Waals surface area contributed by atoms with Gasteiger partial charge in [0, 0.05) is 73.3 Å². The van der Waals surface area contributed by atoms with Crippen LogP contribution in [-0.2, 0) is 36.8 Å². The first kappa shape index (κ1) is 38.2. The zero-order valence-electron chi connectivity index (χ0n) is 33.3. The second-order valence-corrected chi connectivity index (χ2v) is 16.8. The third kappa shape index (κ3) is 7.22. The number of methoxy groups -OCH3 is 1. The van der Waals surface area contributed by atoms with E-state index in [2.05, 4.69) is 85.2 Å². The first-order valence-corrected chi connectivity index (χ1v) is 19.9. The summed E-state index contributed by atoms with van der Waals surface area (Å²) in [7, 11) is 1.71. The fourth-order valence-corrected chi connectivity index (χ4v) is 8.99. The highest BCUT2D eigenvalue weighted by atomic mass is 16.5. The van der Waals surface area contributed by atoms with Crippen molar-refractivity contribution in [2.75, 3.05) is 33.4 Å². The van der Waals surface area contributed by atoms with Gasteiger partial charge >= 0.3 is 5.97 Å². The summed E-state index contributed by atoms with van der Waals surface area (Å²) in [5.74, 6) is -0.195. The third-order valence-corrected chi connectivity index (χ3v) is 12.6. The number of rotatable bonds is 6. The molecule has 0 spiro atoms. The number of aromatic nitrogens is 2. The molecule has 290 valence electrons. The molecular weight excluding hydrogens is 681 g/mol. The van der Waals surface area contributed by atoms with Gasteiger partial charge in [0.2, 0.25) is 5.91 Å². The average Bonchev–Trinajstić information content (AvgIpc) is 3.67. The first-order chi connectivity index (χ1) is 25.8. The zero-order valence-corrected chi connectivity index (χ0v) is 33.3. The van der Waals surface area contributed by atoms with Crippen molar-refractivity contribution in [1.29, 1.82) is 0 Å². The number of aryl methyl sites for hydroxylation is 1. The molecule has 5 heterocycles. The molecule has 3 aliphatic heterocycles. The Labute approximate surface area is 319 Å². The molecule has 2 N–H and O–H groups in total. The van der Waals surface area contributed by atoms with Crippen LogP contribution in [0.5, 0.6) is 0 Å². The van der Waals surface area contributed by atoms with Gasteiger partial charge in [-0.1, -0.05) is 39.8 Å². The van der Waals surface area contributed by atoms with Crippen LogP contribution < -0.4 is 10.7 Å². The Morgan fingerprint density at radius 3 is 2.65 bits per heavy atom. The highest BCUT2D eigenvalue weighted by Gasteiger charge is 2.50. The number of cyclic esters (lactones) is 1. The lowest BCUT2D eigenvalue weighted by molar-refractivity contribution is -0.156. The number of benzene rings is 1. The lowest BCUT2D eigenvalue weighted by Gasteiger charge is -2.40. The summed E-state index contributed by atoms with van der Waals surface area (Å²) >= 11 is 0. The number of carbonyl (C=O) groups is 3. The van der Waals surface area contributed by atoms with Crippen molar-refractivity contribution < 1.29 is 23.9 Å². The van der Waals surface area contributed by atoms with Crippen molar-refractivity contribution in [3.05, 3.63) is 59.4 Å². The Hall–Kier alpha value is -4.06. The van der Waals surface area contributed by atoms with E-state index < -0.39 is 17.5 Å². The smallest absolute Gasteiger partial charge is 0.324 e. The van der Waals surface area contributed by atoms with Crippen LogP contribution in [0.15, 0.2) is 42.6 Å². The highest BCUT2D eigenvalue weighted by Crippen LogP contribution is 2.46. The third-order valence-electron chi connectivity index (χ3n) is 12.6. The molecule has 1 aromatic carbocycles. The van der Waals surface area contributed by atoms with Gasteiger partial charge in [-0.3, -0.25) is 29.3 Å². The van der Waals surface area contributed by atoms with E-state index in [1.165, 1.54) is 11.1 Å². The van der Waals surface area contributed by atoms with Crippen LogP contribution in [0.3, 0.4) is 0 Å². The number of amides is 2. The number of carbonyl (C=O) groups excluding carboxylic acids is 3. The van der Waals surface area contributed by atoms with Crippen molar-refractivity contribution in [3.8, 4) is 11.3 Å². The van der Waals surface area contributed by atoms with Gasteiger partial charge in [-0.15, -0.1) is 0 Å². The van der Waals surface area contributed by atoms with Crippen LogP contribution in [0.2, 0.25) is 0 Å². The number of hydrogen-bond acceptors (Lipinski definition) is 8. The van der Waals surface area contributed by atoms with E-state index >= 15 is 0 Å². The summed E-state index contributed by atoms with van der Waals surface area (Å²) in [5, 5.41) is 5.91. The van der Waals surface area contributed by atoms with Gasteiger partial charge in [-0.05, 0) is 99.3 Å². The van der Waals surface area contributed by atoms with Gasteiger partial charge in [-0.2, -0.15) is 0 Å². The summed E-state index contributed by atoms with van der Waals surface area (Å²) in [4.78, 5) is 48.9. The van der Waals surface area contributed by atoms with E-state index in [1.54, 1.807) is 12.1 Å². The maximum absolute atomic E-state index is 14.4. The number of nitrogens with one attached hydrogen (secondary N) is 2. The Kier molecular flexibility index (Phi) is 10.8. The predicted octanol–water partition coefficient (Wildman–Crippen LogP) is 5.92. The van der Waals surface area contributed by atoms with Gasteiger partial charge in [0.25, 0.3) is 5.91 Å². The minimum Gasteiger partial charge on any atom is -0.464 e. The lowest BCUT2D eigenvalue weighted by atomic mass is 9.84. The van der Waals surface area contributed by atoms with E-state index in [1.807, 2.05) is 26.1 Å². The first-order valence-electron chi connectivity index (χ1n) is 19.9. The molecule has 11 nitrogen and oxygen atoms in total. The van der Waals surface area contributed by atoms with Crippen LogP contribution in [0.25, 0.3) is 27.7 Å². The molecule has 1 saturated heterocycles. The van der Waals surface area contributed by atoms with Crippen molar-refractivity contribution in [2.45, 2.75) is 105 Å². The molecule has 0 radical (unpaired) electrons. The van der Waals surface area contributed by atoms with Crippen molar-refractivity contribution in [3.63, 3.8) is 0 Å².